The summed E-state index contributed by atoms with van der Waals surface area (Å²) in [6.07, 6.45) is 1.28. The lowest BCUT2D eigenvalue weighted by Gasteiger charge is -2.26. The Labute approximate surface area is 189 Å². The summed E-state index contributed by atoms with van der Waals surface area (Å²) in [4.78, 5) is 12.9. The maximum atomic E-state index is 13.4. The molecule has 3 rings (SSSR count). The van der Waals surface area contributed by atoms with E-state index in [4.69, 9.17) is 4.74 Å². The molecular weight excluding hydrogens is 424 g/mol. The second-order valence-electron chi connectivity index (χ2n) is 7.26. The SMILES string of the molecule is CCc1ccccc1N(CC(=O)NCCc1ccc(OC)cc1)S(=O)(=O)c1ccccc1. The van der Waals surface area contributed by atoms with Gasteiger partial charge in [0.2, 0.25) is 5.91 Å². The maximum Gasteiger partial charge on any atom is 0.264 e. The second-order valence-corrected chi connectivity index (χ2v) is 9.12. The highest BCUT2D eigenvalue weighted by Gasteiger charge is 2.28. The average molecular weight is 453 g/mol. The van der Waals surface area contributed by atoms with Gasteiger partial charge in [0.25, 0.3) is 10.0 Å². The van der Waals surface area contributed by atoms with E-state index in [-0.39, 0.29) is 17.3 Å². The number of methoxy groups -OCH3 is 1. The Bertz CT molecular complexity index is 1130. The van der Waals surface area contributed by atoms with Crippen molar-refractivity contribution in [2.24, 2.45) is 0 Å². The predicted molar refractivity (Wildman–Crippen MR) is 127 cm³/mol. The number of para-hydroxylation sites is 1. The fraction of sp³-hybridized carbons (Fsp3) is 0.240. The summed E-state index contributed by atoms with van der Waals surface area (Å²) in [5.74, 6) is 0.415. The molecule has 0 unspecified atom stereocenters. The predicted octanol–water partition coefficient (Wildman–Crippen LogP) is 3.81. The van der Waals surface area contributed by atoms with Gasteiger partial charge in [-0.15, -0.1) is 0 Å². The van der Waals surface area contributed by atoms with Crippen molar-refractivity contribution in [1.82, 2.24) is 5.32 Å². The molecule has 0 heterocycles. The first-order valence-electron chi connectivity index (χ1n) is 10.5. The molecular formula is C25H28N2O4S. The summed E-state index contributed by atoms with van der Waals surface area (Å²) in [5, 5.41) is 2.84. The Morgan fingerprint density at radius 3 is 2.25 bits per heavy atom. The van der Waals surface area contributed by atoms with E-state index in [1.807, 2.05) is 43.3 Å². The van der Waals surface area contributed by atoms with Crippen molar-refractivity contribution in [3.8, 4) is 5.75 Å². The fourth-order valence-corrected chi connectivity index (χ4v) is 4.88. The molecule has 0 aromatic heterocycles. The Morgan fingerprint density at radius 1 is 0.938 bits per heavy atom. The van der Waals surface area contributed by atoms with Crippen molar-refractivity contribution >= 4 is 21.6 Å². The van der Waals surface area contributed by atoms with Gasteiger partial charge in [0, 0.05) is 6.54 Å². The van der Waals surface area contributed by atoms with Crippen molar-refractivity contribution in [2.45, 2.75) is 24.7 Å². The first-order valence-corrected chi connectivity index (χ1v) is 11.9. The Kier molecular flexibility index (Phi) is 7.89. The third-order valence-corrected chi connectivity index (χ3v) is 6.93. The van der Waals surface area contributed by atoms with E-state index in [2.05, 4.69) is 5.32 Å². The molecule has 0 spiro atoms. The number of hydrogen-bond donors (Lipinski definition) is 1. The van der Waals surface area contributed by atoms with Crippen LogP contribution in [0.25, 0.3) is 0 Å². The molecule has 0 saturated heterocycles. The van der Waals surface area contributed by atoms with E-state index in [9.17, 15) is 13.2 Å². The number of anilines is 1. The second kappa shape index (κ2) is 10.8. The lowest BCUT2D eigenvalue weighted by atomic mass is 10.1. The molecule has 7 heteroatoms. The third-order valence-electron chi connectivity index (χ3n) is 5.15. The summed E-state index contributed by atoms with van der Waals surface area (Å²) in [5.41, 5.74) is 2.43. The number of carbonyl (C=O) groups excluding carboxylic acids is 1. The van der Waals surface area contributed by atoms with Crippen LogP contribution in [0.3, 0.4) is 0 Å². The number of sulfonamides is 1. The fourth-order valence-electron chi connectivity index (χ4n) is 3.40. The summed E-state index contributed by atoms with van der Waals surface area (Å²) in [7, 11) is -2.30. The van der Waals surface area contributed by atoms with Crippen molar-refractivity contribution in [2.75, 3.05) is 24.5 Å². The molecule has 0 aliphatic carbocycles. The van der Waals surface area contributed by atoms with Gasteiger partial charge in [0.05, 0.1) is 17.7 Å². The number of hydrogen-bond acceptors (Lipinski definition) is 4. The highest BCUT2D eigenvalue weighted by Crippen LogP contribution is 2.27. The largest absolute Gasteiger partial charge is 0.497 e. The first-order chi connectivity index (χ1) is 15.5. The molecule has 0 saturated carbocycles. The van der Waals surface area contributed by atoms with Crippen LogP contribution >= 0.6 is 0 Å². The van der Waals surface area contributed by atoms with Gasteiger partial charge in [-0.3, -0.25) is 9.10 Å². The molecule has 0 aliphatic rings. The van der Waals surface area contributed by atoms with E-state index >= 15 is 0 Å². The minimum atomic E-state index is -3.91. The van der Waals surface area contributed by atoms with Gasteiger partial charge in [0.1, 0.15) is 12.3 Å². The highest BCUT2D eigenvalue weighted by atomic mass is 32.2. The average Bonchev–Trinajstić information content (AvgIpc) is 2.83. The number of nitrogens with zero attached hydrogens (tertiary/aromatic N) is 1. The normalized spacial score (nSPS) is 11.1. The van der Waals surface area contributed by atoms with E-state index < -0.39 is 10.0 Å². The zero-order valence-electron chi connectivity index (χ0n) is 18.3. The van der Waals surface area contributed by atoms with Crippen molar-refractivity contribution < 1.29 is 17.9 Å². The van der Waals surface area contributed by atoms with Crippen LogP contribution in [-0.4, -0.2) is 34.5 Å². The summed E-state index contributed by atoms with van der Waals surface area (Å²) >= 11 is 0. The van der Waals surface area contributed by atoms with Gasteiger partial charge in [-0.2, -0.15) is 0 Å². The molecule has 3 aromatic rings. The number of ether oxygens (including phenoxy) is 1. The monoisotopic (exact) mass is 452 g/mol. The minimum absolute atomic E-state index is 0.150. The van der Waals surface area contributed by atoms with E-state index in [0.29, 0.717) is 25.1 Å². The van der Waals surface area contributed by atoms with E-state index in [0.717, 1.165) is 16.9 Å². The first kappa shape index (κ1) is 23.3. The van der Waals surface area contributed by atoms with Crippen LogP contribution in [0.5, 0.6) is 5.75 Å². The Balaban J connectivity index is 1.77. The number of rotatable bonds is 10. The van der Waals surface area contributed by atoms with Crippen LogP contribution in [0.4, 0.5) is 5.69 Å². The summed E-state index contributed by atoms with van der Waals surface area (Å²) in [6, 6.07) is 23.1. The van der Waals surface area contributed by atoms with Crippen LogP contribution in [0.15, 0.2) is 83.8 Å². The number of aryl methyl sites for hydroxylation is 1. The Morgan fingerprint density at radius 2 is 1.59 bits per heavy atom. The molecule has 1 N–H and O–H groups in total. The lowest BCUT2D eigenvalue weighted by molar-refractivity contribution is -0.119. The smallest absolute Gasteiger partial charge is 0.264 e. The zero-order valence-corrected chi connectivity index (χ0v) is 19.1. The van der Waals surface area contributed by atoms with Crippen molar-refractivity contribution in [1.29, 1.82) is 0 Å². The van der Waals surface area contributed by atoms with Crippen LogP contribution in [-0.2, 0) is 27.7 Å². The highest BCUT2D eigenvalue weighted by molar-refractivity contribution is 7.92. The van der Waals surface area contributed by atoms with E-state index in [1.165, 1.54) is 4.31 Å². The Hall–Kier alpha value is -3.32. The standard InChI is InChI=1S/C25H28N2O4S/c1-3-21-9-7-8-12-24(21)27(32(29,30)23-10-5-4-6-11-23)19-25(28)26-18-17-20-13-15-22(31-2)16-14-20/h4-16H,3,17-19H2,1-2H3,(H,26,28). The number of benzene rings is 3. The molecule has 0 aliphatic heterocycles. The van der Waals surface area contributed by atoms with E-state index in [1.54, 1.807) is 49.6 Å². The molecule has 0 radical (unpaired) electrons. The lowest BCUT2D eigenvalue weighted by Crippen LogP contribution is -2.41. The molecule has 6 nitrogen and oxygen atoms in total. The van der Waals surface area contributed by atoms with Crippen LogP contribution in [0.2, 0.25) is 0 Å². The number of carbonyl (C=O) groups is 1. The molecule has 32 heavy (non-hydrogen) atoms. The summed E-state index contributed by atoms with van der Waals surface area (Å²) in [6.45, 7) is 2.07. The van der Waals surface area contributed by atoms with Gasteiger partial charge < -0.3 is 10.1 Å². The van der Waals surface area contributed by atoms with Crippen LogP contribution in [0.1, 0.15) is 18.1 Å². The number of amides is 1. The minimum Gasteiger partial charge on any atom is -0.497 e. The molecule has 3 aromatic carbocycles. The van der Waals surface area contributed by atoms with Gasteiger partial charge >= 0.3 is 0 Å². The summed E-state index contributed by atoms with van der Waals surface area (Å²) < 4.78 is 33.2. The topological polar surface area (TPSA) is 75.7 Å². The number of nitrogens with one attached hydrogen (secondary N) is 1. The third kappa shape index (κ3) is 5.68. The van der Waals surface area contributed by atoms with Crippen molar-refractivity contribution in [3.63, 3.8) is 0 Å². The molecule has 0 bridgehead atoms. The van der Waals surface area contributed by atoms with Gasteiger partial charge in [-0.25, -0.2) is 8.42 Å². The molecule has 0 fully saturated rings. The van der Waals surface area contributed by atoms with Crippen LogP contribution < -0.4 is 14.4 Å². The molecule has 0 atom stereocenters. The van der Waals surface area contributed by atoms with Crippen LogP contribution in [0, 0.1) is 0 Å². The van der Waals surface area contributed by atoms with Gasteiger partial charge in [-0.1, -0.05) is 55.5 Å². The van der Waals surface area contributed by atoms with Crippen molar-refractivity contribution in [3.05, 3.63) is 90.0 Å². The quantitative estimate of drug-likeness (QED) is 0.508. The van der Waals surface area contributed by atoms with Gasteiger partial charge in [0.15, 0.2) is 0 Å². The van der Waals surface area contributed by atoms with Gasteiger partial charge in [-0.05, 0) is 54.3 Å². The maximum absolute atomic E-state index is 13.4. The molecule has 168 valence electrons. The zero-order chi connectivity index (χ0) is 23.0. The molecule has 1 amide bonds.